The molecular formula is C10H16ClN3O. The van der Waals surface area contributed by atoms with Crippen LogP contribution in [0.3, 0.4) is 0 Å². The molecule has 0 amide bonds. The van der Waals surface area contributed by atoms with Crippen molar-refractivity contribution < 1.29 is 4.74 Å². The molecule has 5 heteroatoms. The summed E-state index contributed by atoms with van der Waals surface area (Å²) in [6.07, 6.45) is 2.76. The molecule has 84 valence electrons. The van der Waals surface area contributed by atoms with Gasteiger partial charge in [0.05, 0.1) is 5.69 Å². The lowest BCUT2D eigenvalue weighted by Gasteiger charge is -2.02. The van der Waals surface area contributed by atoms with Gasteiger partial charge in [0.15, 0.2) is 11.0 Å². The molecule has 0 saturated carbocycles. The van der Waals surface area contributed by atoms with Crippen molar-refractivity contribution in [1.29, 1.82) is 0 Å². The quantitative estimate of drug-likeness (QED) is 0.702. The third-order valence-electron chi connectivity index (χ3n) is 1.89. The fourth-order valence-corrected chi connectivity index (χ4v) is 1.20. The van der Waals surface area contributed by atoms with Crippen molar-refractivity contribution in [2.45, 2.75) is 33.1 Å². The number of hydrogen-bond donors (Lipinski definition) is 0. The number of aromatic nitrogens is 3. The van der Waals surface area contributed by atoms with E-state index in [1.54, 1.807) is 0 Å². The topological polar surface area (TPSA) is 47.9 Å². The van der Waals surface area contributed by atoms with Gasteiger partial charge in [-0.15, -0.1) is 10.2 Å². The summed E-state index contributed by atoms with van der Waals surface area (Å²) < 4.78 is 5.36. The van der Waals surface area contributed by atoms with Gasteiger partial charge in [-0.25, -0.2) is 4.98 Å². The maximum absolute atomic E-state index is 5.72. The zero-order valence-corrected chi connectivity index (χ0v) is 9.92. The Balaban J connectivity index is 2.28. The first-order valence-electron chi connectivity index (χ1n) is 5.17. The number of nitrogens with zero attached hydrogens (tertiary/aromatic N) is 3. The molecule has 0 atom stereocenters. The summed E-state index contributed by atoms with van der Waals surface area (Å²) in [6.45, 7) is 5.49. The van der Waals surface area contributed by atoms with Crippen molar-refractivity contribution in [3.8, 4) is 0 Å². The maximum atomic E-state index is 5.72. The highest BCUT2D eigenvalue weighted by atomic mass is 35.5. The van der Waals surface area contributed by atoms with Crippen LogP contribution in [0.25, 0.3) is 0 Å². The Hall–Kier alpha value is -0.740. The first kappa shape index (κ1) is 12.3. The second-order valence-corrected chi connectivity index (χ2v) is 3.68. The van der Waals surface area contributed by atoms with Crippen LogP contribution in [0.4, 0.5) is 0 Å². The lowest BCUT2D eigenvalue weighted by atomic mass is 10.3. The highest BCUT2D eigenvalue weighted by Crippen LogP contribution is 2.07. The lowest BCUT2D eigenvalue weighted by molar-refractivity contribution is 0.132. The highest BCUT2D eigenvalue weighted by Gasteiger charge is 2.02. The number of ether oxygens (including phenoxy) is 1. The van der Waals surface area contributed by atoms with Crippen molar-refractivity contribution in [2.75, 3.05) is 13.2 Å². The van der Waals surface area contributed by atoms with Gasteiger partial charge in [-0.3, -0.25) is 0 Å². The van der Waals surface area contributed by atoms with Crippen molar-refractivity contribution in [3.63, 3.8) is 0 Å². The molecule has 0 fully saturated rings. The molecule has 0 bridgehead atoms. The van der Waals surface area contributed by atoms with E-state index in [4.69, 9.17) is 16.3 Å². The molecule has 1 aromatic rings. The number of hydrogen-bond acceptors (Lipinski definition) is 4. The van der Waals surface area contributed by atoms with Crippen LogP contribution in [-0.4, -0.2) is 28.4 Å². The molecular weight excluding hydrogens is 214 g/mol. The second-order valence-electron chi connectivity index (χ2n) is 3.32. The zero-order valence-electron chi connectivity index (χ0n) is 9.16. The predicted molar refractivity (Wildman–Crippen MR) is 59.0 cm³/mol. The van der Waals surface area contributed by atoms with Crippen LogP contribution in [-0.2, 0) is 11.2 Å². The summed E-state index contributed by atoms with van der Waals surface area (Å²) in [6, 6.07) is 0. The van der Waals surface area contributed by atoms with E-state index in [9.17, 15) is 0 Å². The summed E-state index contributed by atoms with van der Waals surface area (Å²) in [4.78, 5) is 4.23. The zero-order chi connectivity index (χ0) is 11.1. The van der Waals surface area contributed by atoms with E-state index in [0.717, 1.165) is 44.0 Å². The average Bonchev–Trinajstić information content (AvgIpc) is 2.23. The summed E-state index contributed by atoms with van der Waals surface area (Å²) >= 11 is 5.72. The summed E-state index contributed by atoms with van der Waals surface area (Å²) in [7, 11) is 0. The van der Waals surface area contributed by atoms with E-state index < -0.39 is 0 Å². The number of rotatable bonds is 6. The third kappa shape index (κ3) is 4.53. The smallest absolute Gasteiger partial charge is 0.172 e. The van der Waals surface area contributed by atoms with Crippen molar-refractivity contribution in [1.82, 2.24) is 15.2 Å². The standard InChI is InChI=1S/C10H16ClN3O/c1-3-6-15-7-4-5-9-12-8(2)10(11)14-13-9/h3-7H2,1-2H3. The predicted octanol–water partition coefficient (Wildman–Crippen LogP) is 2.19. The molecule has 1 heterocycles. The van der Waals surface area contributed by atoms with Crippen molar-refractivity contribution in [3.05, 3.63) is 16.7 Å². The van der Waals surface area contributed by atoms with Crippen molar-refractivity contribution in [2.24, 2.45) is 0 Å². The Labute approximate surface area is 95.0 Å². The molecule has 4 nitrogen and oxygen atoms in total. The SMILES string of the molecule is CCCOCCCc1nnc(Cl)c(C)n1. The molecule has 1 rings (SSSR count). The molecule has 0 aliphatic rings. The second kappa shape index (κ2) is 6.69. The van der Waals surface area contributed by atoms with Crippen LogP contribution in [0.15, 0.2) is 0 Å². The van der Waals surface area contributed by atoms with Crippen LogP contribution in [0.1, 0.15) is 31.3 Å². The van der Waals surface area contributed by atoms with E-state index >= 15 is 0 Å². The minimum absolute atomic E-state index is 0.376. The third-order valence-corrected chi connectivity index (χ3v) is 2.24. The largest absolute Gasteiger partial charge is 0.381 e. The van der Waals surface area contributed by atoms with Crippen LogP contribution in [0.2, 0.25) is 5.15 Å². The van der Waals surface area contributed by atoms with Gasteiger partial charge in [0.1, 0.15) is 0 Å². The van der Waals surface area contributed by atoms with Gasteiger partial charge in [0.2, 0.25) is 0 Å². The van der Waals surface area contributed by atoms with Gasteiger partial charge in [-0.2, -0.15) is 0 Å². The average molecular weight is 230 g/mol. The summed E-state index contributed by atoms with van der Waals surface area (Å²) in [5.41, 5.74) is 0.733. The van der Waals surface area contributed by atoms with Crippen LogP contribution in [0.5, 0.6) is 0 Å². The Morgan fingerprint density at radius 3 is 2.73 bits per heavy atom. The van der Waals surface area contributed by atoms with Gasteiger partial charge < -0.3 is 4.74 Å². The lowest BCUT2D eigenvalue weighted by Crippen LogP contribution is -2.03. The number of aryl methyl sites for hydroxylation is 2. The van der Waals surface area contributed by atoms with E-state index in [1.165, 1.54) is 0 Å². The van der Waals surface area contributed by atoms with Crippen LogP contribution in [0, 0.1) is 6.92 Å². The van der Waals surface area contributed by atoms with Gasteiger partial charge in [-0.1, -0.05) is 18.5 Å². The normalized spacial score (nSPS) is 10.6. The maximum Gasteiger partial charge on any atom is 0.172 e. The minimum Gasteiger partial charge on any atom is -0.381 e. The fraction of sp³-hybridized carbons (Fsp3) is 0.700. The van der Waals surface area contributed by atoms with Gasteiger partial charge in [0, 0.05) is 19.6 Å². The summed E-state index contributed by atoms with van der Waals surface area (Å²) in [5.74, 6) is 0.733. The molecule has 0 saturated heterocycles. The molecule has 0 unspecified atom stereocenters. The highest BCUT2D eigenvalue weighted by molar-refractivity contribution is 6.29. The molecule has 0 aromatic carbocycles. The monoisotopic (exact) mass is 229 g/mol. The molecule has 0 spiro atoms. The Kier molecular flexibility index (Phi) is 5.50. The Bertz CT molecular complexity index is 307. The molecule has 0 aliphatic carbocycles. The van der Waals surface area contributed by atoms with Crippen LogP contribution >= 0.6 is 11.6 Å². The van der Waals surface area contributed by atoms with Crippen LogP contribution < -0.4 is 0 Å². The van der Waals surface area contributed by atoms with Gasteiger partial charge in [-0.05, 0) is 19.8 Å². The molecule has 0 N–H and O–H groups in total. The van der Waals surface area contributed by atoms with E-state index in [1.807, 2.05) is 6.92 Å². The van der Waals surface area contributed by atoms with Crippen molar-refractivity contribution >= 4 is 11.6 Å². The molecule has 0 radical (unpaired) electrons. The molecule has 15 heavy (non-hydrogen) atoms. The van der Waals surface area contributed by atoms with E-state index in [2.05, 4.69) is 22.1 Å². The number of halogens is 1. The minimum atomic E-state index is 0.376. The van der Waals surface area contributed by atoms with Gasteiger partial charge in [0.25, 0.3) is 0 Å². The molecule has 1 aromatic heterocycles. The molecule has 0 aliphatic heterocycles. The van der Waals surface area contributed by atoms with E-state index in [-0.39, 0.29) is 0 Å². The Morgan fingerprint density at radius 1 is 1.27 bits per heavy atom. The fourth-order valence-electron chi connectivity index (χ4n) is 1.12. The van der Waals surface area contributed by atoms with Gasteiger partial charge >= 0.3 is 0 Å². The first-order valence-corrected chi connectivity index (χ1v) is 5.55. The first-order chi connectivity index (χ1) is 7.24. The Morgan fingerprint density at radius 2 is 2.07 bits per heavy atom. The van der Waals surface area contributed by atoms with E-state index in [0.29, 0.717) is 5.15 Å². The summed E-state index contributed by atoms with van der Waals surface area (Å²) in [5, 5.41) is 8.09.